The lowest BCUT2D eigenvalue weighted by molar-refractivity contribution is -0.198. The minimum atomic E-state index is -1.36. The van der Waals surface area contributed by atoms with Crippen molar-refractivity contribution in [3.05, 3.63) is 62.4 Å². The van der Waals surface area contributed by atoms with Crippen molar-refractivity contribution in [2.75, 3.05) is 6.61 Å². The Balaban J connectivity index is 1.70. The second kappa shape index (κ2) is 6.58. The predicted molar refractivity (Wildman–Crippen MR) is 100 cm³/mol. The van der Waals surface area contributed by atoms with Crippen LogP contribution in [0.2, 0.25) is 0 Å². The van der Waals surface area contributed by atoms with Crippen LogP contribution in [0.15, 0.2) is 40.1 Å². The number of hydrogen-bond donors (Lipinski definition) is 3. The van der Waals surface area contributed by atoms with E-state index < -0.39 is 47.8 Å². The molecule has 2 aromatic rings. The van der Waals surface area contributed by atoms with Gasteiger partial charge >= 0.3 is 5.69 Å². The third-order valence-electron chi connectivity index (χ3n) is 6.05. The largest absolute Gasteiger partial charge is 0.487 e. The van der Waals surface area contributed by atoms with Crippen LogP contribution in [0.4, 0.5) is 0 Å². The van der Waals surface area contributed by atoms with Crippen LogP contribution in [0.25, 0.3) is 0 Å². The number of aromatic amines is 1. The Labute approximate surface area is 161 Å². The number of hydrogen-bond acceptors (Lipinski definition) is 6. The van der Waals surface area contributed by atoms with Crippen LogP contribution in [0.3, 0.4) is 0 Å². The van der Waals surface area contributed by atoms with Crippen molar-refractivity contribution >= 4 is 0 Å². The van der Waals surface area contributed by atoms with Gasteiger partial charge in [-0.1, -0.05) is 24.6 Å². The molecule has 1 aromatic carbocycles. The Morgan fingerprint density at radius 2 is 1.93 bits per heavy atom. The van der Waals surface area contributed by atoms with E-state index in [0.29, 0.717) is 11.3 Å². The van der Waals surface area contributed by atoms with E-state index in [1.54, 1.807) is 6.92 Å². The SMILES string of the molecule is Cc1ccc(O[C@@H]2[C@@H](C)[C@H]3[C@H](n4cc(C)c(=O)[nH]c4=O)O[C@]2(CO)[C@H]3O)cc1. The van der Waals surface area contributed by atoms with Crippen LogP contribution in [-0.4, -0.2) is 44.2 Å². The summed E-state index contributed by atoms with van der Waals surface area (Å²) in [6, 6.07) is 7.50. The van der Waals surface area contributed by atoms with Gasteiger partial charge in [0.05, 0.1) is 12.7 Å². The zero-order valence-electron chi connectivity index (χ0n) is 16.0. The highest BCUT2D eigenvalue weighted by Crippen LogP contribution is 2.56. The molecule has 1 saturated heterocycles. The summed E-state index contributed by atoms with van der Waals surface area (Å²) in [7, 11) is 0. The summed E-state index contributed by atoms with van der Waals surface area (Å²) in [5, 5.41) is 21.1. The van der Waals surface area contributed by atoms with Gasteiger partial charge in [0.25, 0.3) is 5.56 Å². The van der Waals surface area contributed by atoms with E-state index in [-0.39, 0.29) is 5.92 Å². The Kier molecular flexibility index (Phi) is 4.45. The fraction of sp³-hybridized carbons (Fsp3) is 0.500. The average Bonchev–Trinajstić information content (AvgIpc) is 3.06. The van der Waals surface area contributed by atoms with E-state index in [2.05, 4.69) is 4.98 Å². The first-order valence-corrected chi connectivity index (χ1v) is 9.30. The quantitative estimate of drug-likeness (QED) is 0.702. The normalized spacial score (nSPS) is 34.0. The van der Waals surface area contributed by atoms with Crippen LogP contribution in [0.1, 0.15) is 24.3 Å². The van der Waals surface area contributed by atoms with Crippen LogP contribution < -0.4 is 16.0 Å². The number of nitrogens with zero attached hydrogens (tertiary/aromatic N) is 1. The predicted octanol–water partition coefficient (Wildman–Crippen LogP) is 0.488. The lowest BCUT2D eigenvalue weighted by Gasteiger charge is -2.40. The van der Waals surface area contributed by atoms with Gasteiger partial charge in [0.2, 0.25) is 0 Å². The topological polar surface area (TPSA) is 114 Å². The van der Waals surface area contributed by atoms with Gasteiger partial charge < -0.3 is 19.7 Å². The summed E-state index contributed by atoms with van der Waals surface area (Å²) >= 11 is 0. The van der Waals surface area contributed by atoms with E-state index in [0.717, 1.165) is 5.56 Å². The maximum absolute atomic E-state index is 12.3. The number of ether oxygens (including phenoxy) is 2. The van der Waals surface area contributed by atoms with Crippen molar-refractivity contribution in [1.29, 1.82) is 0 Å². The number of rotatable bonds is 4. The van der Waals surface area contributed by atoms with E-state index in [4.69, 9.17) is 9.47 Å². The van der Waals surface area contributed by atoms with Crippen LogP contribution >= 0.6 is 0 Å². The number of fused-ring (bicyclic) bond motifs is 2. The molecule has 1 aromatic heterocycles. The molecular formula is C20H24N2O6. The van der Waals surface area contributed by atoms with Crippen molar-refractivity contribution in [3.8, 4) is 5.75 Å². The zero-order valence-corrected chi connectivity index (χ0v) is 16.0. The fourth-order valence-corrected chi connectivity index (χ4v) is 4.49. The molecule has 0 amide bonds. The summed E-state index contributed by atoms with van der Waals surface area (Å²) in [5.41, 5.74) is -0.983. The zero-order chi connectivity index (χ0) is 20.2. The van der Waals surface area contributed by atoms with Gasteiger partial charge in [-0.3, -0.25) is 14.3 Å². The molecule has 1 saturated carbocycles. The van der Waals surface area contributed by atoms with Gasteiger partial charge in [-0.2, -0.15) is 0 Å². The third kappa shape index (κ3) is 2.63. The van der Waals surface area contributed by atoms with E-state index in [9.17, 15) is 19.8 Å². The molecular weight excluding hydrogens is 364 g/mol. The fourth-order valence-electron chi connectivity index (χ4n) is 4.49. The number of H-pyrrole nitrogens is 1. The van der Waals surface area contributed by atoms with Crippen molar-refractivity contribution in [2.24, 2.45) is 11.8 Å². The van der Waals surface area contributed by atoms with Crippen LogP contribution in [0.5, 0.6) is 5.75 Å². The van der Waals surface area contributed by atoms with Gasteiger partial charge in [0, 0.05) is 23.6 Å². The Morgan fingerprint density at radius 3 is 2.57 bits per heavy atom. The number of nitrogens with one attached hydrogen (secondary N) is 1. The molecule has 8 nitrogen and oxygen atoms in total. The Hall–Kier alpha value is -2.42. The summed E-state index contributed by atoms with van der Waals surface area (Å²) in [4.78, 5) is 26.2. The number of aliphatic hydroxyl groups excluding tert-OH is 2. The lowest BCUT2D eigenvalue weighted by atomic mass is 9.92. The molecule has 2 bridgehead atoms. The first kappa shape index (κ1) is 18.9. The maximum Gasteiger partial charge on any atom is 0.330 e. The molecule has 0 radical (unpaired) electrons. The molecule has 0 spiro atoms. The molecule has 6 atom stereocenters. The molecule has 4 rings (SSSR count). The Bertz CT molecular complexity index is 997. The second-order valence-electron chi connectivity index (χ2n) is 7.83. The smallest absolute Gasteiger partial charge is 0.330 e. The summed E-state index contributed by atoms with van der Waals surface area (Å²) < 4.78 is 13.5. The Morgan fingerprint density at radius 1 is 1.25 bits per heavy atom. The summed E-state index contributed by atoms with van der Waals surface area (Å²) in [5.74, 6) is -0.0702. The molecule has 28 heavy (non-hydrogen) atoms. The highest BCUT2D eigenvalue weighted by molar-refractivity contribution is 5.28. The summed E-state index contributed by atoms with van der Waals surface area (Å²) in [6.45, 7) is 5.01. The first-order valence-electron chi connectivity index (χ1n) is 9.30. The van der Waals surface area contributed by atoms with Crippen molar-refractivity contribution in [3.63, 3.8) is 0 Å². The number of aromatic nitrogens is 2. The molecule has 2 fully saturated rings. The van der Waals surface area contributed by atoms with E-state index >= 15 is 0 Å². The van der Waals surface area contributed by atoms with Gasteiger partial charge in [0.1, 0.15) is 18.1 Å². The van der Waals surface area contributed by atoms with Crippen LogP contribution in [-0.2, 0) is 4.74 Å². The minimum absolute atomic E-state index is 0.207. The number of aryl methyl sites for hydroxylation is 2. The van der Waals surface area contributed by atoms with Crippen molar-refractivity contribution in [1.82, 2.24) is 9.55 Å². The van der Waals surface area contributed by atoms with Crippen molar-refractivity contribution < 1.29 is 19.7 Å². The number of aliphatic hydroxyl groups is 2. The van der Waals surface area contributed by atoms with Gasteiger partial charge in [-0.25, -0.2) is 4.79 Å². The molecule has 150 valence electrons. The molecule has 1 aliphatic carbocycles. The van der Waals surface area contributed by atoms with Gasteiger partial charge in [0.15, 0.2) is 5.60 Å². The number of benzene rings is 1. The molecule has 0 unspecified atom stereocenters. The monoisotopic (exact) mass is 388 g/mol. The lowest BCUT2D eigenvalue weighted by Crippen LogP contribution is -2.55. The van der Waals surface area contributed by atoms with E-state index in [1.807, 2.05) is 38.1 Å². The first-order chi connectivity index (χ1) is 13.3. The van der Waals surface area contributed by atoms with E-state index in [1.165, 1.54) is 10.8 Å². The molecule has 1 aliphatic heterocycles. The highest BCUT2D eigenvalue weighted by Gasteiger charge is 2.70. The van der Waals surface area contributed by atoms with Crippen LogP contribution in [0, 0.1) is 25.7 Å². The maximum atomic E-state index is 12.3. The molecule has 3 N–H and O–H groups in total. The molecule has 2 aliphatic rings. The second-order valence-corrected chi connectivity index (χ2v) is 7.83. The average molecular weight is 388 g/mol. The third-order valence-corrected chi connectivity index (χ3v) is 6.05. The van der Waals surface area contributed by atoms with Gasteiger partial charge in [-0.15, -0.1) is 0 Å². The summed E-state index contributed by atoms with van der Waals surface area (Å²) in [6.07, 6.45) is -0.992. The molecule has 2 heterocycles. The minimum Gasteiger partial charge on any atom is -0.487 e. The van der Waals surface area contributed by atoms with Gasteiger partial charge in [-0.05, 0) is 26.0 Å². The standard InChI is InChI=1S/C20H24N2O6/c1-10-4-6-13(7-5-10)27-16-12(3)14-15(24)20(16,9-23)28-18(14)22-8-11(2)17(25)21-19(22)26/h4-8,12,14-16,18,23-24H,9H2,1-3H3,(H,21,25,26)/t12-,14+,15-,16+,18+,20+/m0/s1. The molecule has 8 heteroatoms. The highest BCUT2D eigenvalue weighted by atomic mass is 16.6. The van der Waals surface area contributed by atoms with Crippen molar-refractivity contribution in [2.45, 2.75) is 44.8 Å².